The van der Waals surface area contributed by atoms with E-state index in [0.717, 1.165) is 138 Å². The minimum absolute atomic E-state index is 0. The van der Waals surface area contributed by atoms with E-state index in [1.165, 1.54) is 43.3 Å². The summed E-state index contributed by atoms with van der Waals surface area (Å²) in [7, 11) is 0. The summed E-state index contributed by atoms with van der Waals surface area (Å²) >= 11 is 0. The summed E-state index contributed by atoms with van der Waals surface area (Å²) in [5.74, 6) is -2.77. The molecular weight excluding hydrogens is 1380 g/mol. The SMILES string of the molecule is CC(=O)C[C@H](O)C[C@H](O)/C=C/c1c(C2CC2)nc2ccccc2c1-c1ccc(F)cc1.O.O=C([O-])C[C@H](O)C[C@H](O)/C=C/c1c(C2CC2)nc2ccccc2c1-c1ccc(F)cc1.O=C([O-])C[C@H](O)C[C@H](O)/C=C/c1c(C2CC2)nc2ccccc2c1-c1ccc(F)cc1.[Ca+2].[Ca+2].[Cl-].[Cl-].[Na+]. The molecule has 0 spiro atoms. The minimum atomic E-state index is -1.36. The predicted molar refractivity (Wildman–Crippen MR) is 364 cm³/mol. The van der Waals surface area contributed by atoms with Crippen molar-refractivity contribution in [2.24, 2.45) is 0 Å². The number of halogens is 5. The van der Waals surface area contributed by atoms with Crippen molar-refractivity contribution in [1.82, 2.24) is 15.0 Å². The Balaban J connectivity index is 0.000000306. The van der Waals surface area contributed by atoms with Gasteiger partial charge >= 0.3 is 105 Å². The number of aliphatic carboxylic acids is 2. The molecule has 6 aromatic carbocycles. The van der Waals surface area contributed by atoms with E-state index >= 15 is 0 Å². The van der Waals surface area contributed by atoms with E-state index in [9.17, 15) is 68.4 Å². The third-order valence-electron chi connectivity index (χ3n) is 16.5. The first-order valence-corrected chi connectivity index (χ1v) is 31.3. The molecule has 504 valence electrons. The van der Waals surface area contributed by atoms with E-state index in [1.54, 1.807) is 66.8 Å². The molecule has 3 aromatic heterocycles. The maximum Gasteiger partial charge on any atom is 2.00 e. The second kappa shape index (κ2) is 40.7. The van der Waals surface area contributed by atoms with Crippen molar-refractivity contribution in [3.8, 4) is 33.4 Å². The topological polar surface area (TPSA) is 289 Å². The third kappa shape index (κ3) is 24.3. The molecule has 23 heteroatoms. The number of nitrogens with zero attached hydrogens (tertiary/aromatic N) is 3. The number of fused-ring (bicyclic) bond motifs is 3. The number of benzene rings is 6. The molecule has 0 amide bonds. The van der Waals surface area contributed by atoms with E-state index in [2.05, 4.69) is 0 Å². The molecule has 0 saturated heterocycles. The number of aliphatic hydroxyl groups is 6. The van der Waals surface area contributed by atoms with Gasteiger partial charge in [0.1, 0.15) is 23.2 Å². The largest absolute Gasteiger partial charge is 2.00 e. The van der Waals surface area contributed by atoms with Gasteiger partial charge in [-0.15, -0.1) is 0 Å². The Hall–Kier alpha value is -5.01. The number of ketones is 1. The van der Waals surface area contributed by atoms with Gasteiger partial charge in [-0.05, 0) is 117 Å². The Labute approximate surface area is 666 Å². The maximum atomic E-state index is 13.6. The molecule has 8 N–H and O–H groups in total. The van der Waals surface area contributed by atoms with Gasteiger partial charge < -0.3 is 80.7 Å². The predicted octanol–water partition coefficient (Wildman–Crippen LogP) is 0.815. The zero-order valence-electron chi connectivity index (χ0n) is 54.9. The molecule has 0 radical (unpaired) electrons. The van der Waals surface area contributed by atoms with Gasteiger partial charge in [0.05, 0.1) is 70.3 Å². The van der Waals surface area contributed by atoms with Gasteiger partial charge in [0.25, 0.3) is 0 Å². The zero-order valence-corrected chi connectivity index (χ0v) is 62.8. The summed E-state index contributed by atoms with van der Waals surface area (Å²) in [6.07, 6.45) is 8.98. The number of carbonyl (C=O) groups is 3. The van der Waals surface area contributed by atoms with Crippen molar-refractivity contribution in [2.75, 3.05) is 0 Å². The summed E-state index contributed by atoms with van der Waals surface area (Å²) in [6, 6.07) is 42.4. The van der Waals surface area contributed by atoms with Gasteiger partial charge in [0.15, 0.2) is 0 Å². The van der Waals surface area contributed by atoms with E-state index in [1.807, 2.05) is 78.9 Å². The number of carboxylic acids is 2. The van der Waals surface area contributed by atoms with E-state index in [-0.39, 0.29) is 184 Å². The number of carboxylic acid groups (broad SMARTS) is 2. The standard InChI is InChI=1S/C26H26FNO3.2C25H24FNO4.2Ca.2ClH.Na.H2O/c1-16(29)14-21(31)15-20(30)12-13-23-25(17-8-10-19(27)11-9-17)22-4-2-3-5-24(22)28-26(23)18-6-7-18;2*26-17-9-7-15(8-10-17)24-20-3-1-2-4-22(20)27-25(16-5-6-16)21(24)12-11-18(28)13-19(29)14-23(30)31;;;;;;/h2-5,8-13,18,20-21,30-31H,6-7,14-15H2,1H3;2*1-4,7-12,16,18-19,28-29H,5-6,13-14H2,(H,30,31);;;2*1H;;1H2/q;;;2*+2;;;+1;/p-4/b13-12+;2*12-11+;;;;;;/t20-,21+;2*18-,19-;;;;;;/m111....../s1. The molecule has 0 bridgehead atoms. The molecule has 0 unspecified atom stereocenters. The first-order chi connectivity index (χ1) is 44.8. The molecule has 6 atom stereocenters. The van der Waals surface area contributed by atoms with Crippen molar-refractivity contribution in [3.05, 3.63) is 215 Å². The smallest absolute Gasteiger partial charge is 1.00 e. The molecule has 3 aliphatic rings. The number of rotatable bonds is 24. The number of aromatic nitrogens is 3. The van der Waals surface area contributed by atoms with E-state index in [4.69, 9.17) is 15.0 Å². The van der Waals surface area contributed by atoms with Crippen LogP contribution in [0, 0.1) is 17.5 Å². The fourth-order valence-corrected chi connectivity index (χ4v) is 11.7. The van der Waals surface area contributed by atoms with Crippen molar-refractivity contribution in [1.29, 1.82) is 0 Å². The molecule has 3 aliphatic carbocycles. The minimum Gasteiger partial charge on any atom is -1.00 e. The van der Waals surface area contributed by atoms with Gasteiger partial charge in [-0.1, -0.05) is 127 Å². The number of hydrogen-bond donors (Lipinski definition) is 6. The zero-order chi connectivity index (χ0) is 65.9. The molecule has 12 rings (SSSR count). The number of Topliss-reactive ketones (excluding diaryl/α,β-unsaturated/α-hetero) is 1. The van der Waals surface area contributed by atoms with Crippen LogP contribution in [-0.2, 0) is 14.4 Å². The van der Waals surface area contributed by atoms with Crippen molar-refractivity contribution >= 4 is 144 Å². The second-order valence-electron chi connectivity index (χ2n) is 24.3. The van der Waals surface area contributed by atoms with Gasteiger partial charge in [-0.2, -0.15) is 0 Å². The first kappa shape index (κ1) is 86.4. The van der Waals surface area contributed by atoms with Crippen LogP contribution in [0.3, 0.4) is 0 Å². The van der Waals surface area contributed by atoms with Crippen molar-refractivity contribution in [2.45, 2.75) is 138 Å². The summed E-state index contributed by atoms with van der Waals surface area (Å²) < 4.78 is 40.7. The second-order valence-corrected chi connectivity index (χ2v) is 24.3. The Morgan fingerprint density at radius 3 is 0.909 bits per heavy atom. The summed E-state index contributed by atoms with van der Waals surface area (Å²) in [5, 5.41) is 84.7. The number of carbonyl (C=O) groups excluding carboxylic acids is 3. The van der Waals surface area contributed by atoms with Gasteiger partial charge in [0, 0.05) is 118 Å². The van der Waals surface area contributed by atoms with Gasteiger partial charge in [0.2, 0.25) is 0 Å². The monoisotopic (exact) mass is 1450 g/mol. The van der Waals surface area contributed by atoms with Crippen LogP contribution in [0.5, 0.6) is 0 Å². The number of pyridine rings is 3. The average molecular weight is 1450 g/mol. The van der Waals surface area contributed by atoms with Gasteiger partial charge in [-0.3, -0.25) is 19.7 Å². The third-order valence-corrected chi connectivity index (χ3v) is 16.5. The number of aliphatic hydroxyl groups excluding tert-OH is 6. The Morgan fingerprint density at radius 2 is 0.677 bits per heavy atom. The van der Waals surface area contributed by atoms with Gasteiger partial charge in [-0.25, -0.2) is 13.2 Å². The van der Waals surface area contributed by atoms with Crippen LogP contribution in [0.4, 0.5) is 13.2 Å². The Kier molecular flexibility index (Phi) is 35.5. The molecule has 99 heavy (non-hydrogen) atoms. The molecule has 3 heterocycles. The van der Waals surface area contributed by atoms with Crippen molar-refractivity contribution in [3.63, 3.8) is 0 Å². The van der Waals surface area contributed by atoms with E-state index < -0.39 is 61.4 Å². The molecule has 15 nitrogen and oxygen atoms in total. The van der Waals surface area contributed by atoms with E-state index in [0.29, 0.717) is 17.8 Å². The van der Waals surface area contributed by atoms with Crippen LogP contribution in [0.2, 0.25) is 0 Å². The summed E-state index contributed by atoms with van der Waals surface area (Å²) in [4.78, 5) is 47.2. The van der Waals surface area contributed by atoms with Crippen LogP contribution < -0.4 is 64.6 Å². The molecule has 0 aliphatic heterocycles. The summed E-state index contributed by atoms with van der Waals surface area (Å²) in [5.41, 5.74) is 13.4. The van der Waals surface area contributed by atoms with Crippen LogP contribution in [0.1, 0.15) is 135 Å². The molecular formula is C76H74Ca2Cl2F3N3NaO12+. The Bertz CT molecular complexity index is 3830. The quantitative estimate of drug-likeness (QED) is 0.0457. The fraction of sp³-hybridized carbons (Fsp3) is 0.289. The normalized spacial score (nSPS) is 15.0. The first-order valence-electron chi connectivity index (χ1n) is 31.3. The average Bonchev–Trinajstić information content (AvgIpc) is 1.76. The van der Waals surface area contributed by atoms with Crippen LogP contribution in [-0.4, -0.2) is 181 Å². The number of para-hydroxylation sites is 3. The van der Waals surface area contributed by atoms with Crippen molar-refractivity contribution < 1.29 is 128 Å². The number of hydrogen-bond acceptors (Lipinski definition) is 14. The molecule has 9 aromatic rings. The molecule has 3 saturated carbocycles. The summed E-state index contributed by atoms with van der Waals surface area (Å²) in [6.45, 7) is 1.42. The fourth-order valence-electron chi connectivity index (χ4n) is 11.7. The molecule has 3 fully saturated rings. The maximum absolute atomic E-state index is 13.6. The van der Waals surface area contributed by atoms with Crippen LogP contribution >= 0.6 is 0 Å². The van der Waals surface area contributed by atoms with Crippen LogP contribution in [0.15, 0.2) is 164 Å². The van der Waals surface area contributed by atoms with Crippen LogP contribution in [0.25, 0.3) is 84.3 Å². The Morgan fingerprint density at radius 1 is 0.434 bits per heavy atom.